The molecule has 96 valence electrons. The summed E-state index contributed by atoms with van der Waals surface area (Å²) in [5, 5.41) is 0. The first-order valence-corrected chi connectivity index (χ1v) is 6.43. The van der Waals surface area contributed by atoms with Crippen LogP contribution in [0.2, 0.25) is 0 Å². The van der Waals surface area contributed by atoms with E-state index in [2.05, 4.69) is 23.7 Å². The van der Waals surface area contributed by atoms with Crippen molar-refractivity contribution >= 4 is 5.96 Å². The highest BCUT2D eigenvalue weighted by Crippen LogP contribution is 2.45. The lowest BCUT2D eigenvalue weighted by molar-refractivity contribution is 0.165. The summed E-state index contributed by atoms with van der Waals surface area (Å²) in [6, 6.07) is 5.62. The Kier molecular flexibility index (Phi) is 2.37. The van der Waals surface area contributed by atoms with Gasteiger partial charge in [-0.05, 0) is 43.9 Å². The summed E-state index contributed by atoms with van der Waals surface area (Å²) >= 11 is 0. The van der Waals surface area contributed by atoms with E-state index in [-0.39, 0.29) is 17.4 Å². The third kappa shape index (κ3) is 1.32. The highest BCUT2D eigenvalue weighted by Gasteiger charge is 2.49. The van der Waals surface area contributed by atoms with Crippen LogP contribution in [-0.2, 0) is 12.0 Å². The zero-order valence-corrected chi connectivity index (χ0v) is 10.8. The van der Waals surface area contributed by atoms with Crippen LogP contribution in [0.4, 0.5) is 4.39 Å². The predicted molar refractivity (Wildman–Crippen MR) is 69.9 cm³/mol. The van der Waals surface area contributed by atoms with Gasteiger partial charge in [-0.2, -0.15) is 0 Å². The van der Waals surface area contributed by atoms with Crippen molar-refractivity contribution in [2.75, 3.05) is 6.54 Å². The molecule has 1 heterocycles. The zero-order chi connectivity index (χ0) is 12.9. The topological polar surface area (TPSA) is 41.6 Å². The van der Waals surface area contributed by atoms with E-state index in [9.17, 15) is 4.39 Å². The van der Waals surface area contributed by atoms with E-state index in [1.807, 2.05) is 6.07 Å². The lowest BCUT2D eigenvalue weighted by atomic mass is 9.89. The van der Waals surface area contributed by atoms with E-state index in [0.29, 0.717) is 12.5 Å². The number of benzene rings is 1. The average molecular weight is 247 g/mol. The van der Waals surface area contributed by atoms with Crippen molar-refractivity contribution in [2.45, 2.75) is 38.3 Å². The minimum absolute atomic E-state index is 0.0986. The van der Waals surface area contributed by atoms with E-state index in [0.717, 1.165) is 24.0 Å². The third-order valence-corrected chi connectivity index (χ3v) is 4.14. The number of hydrogen-bond donors (Lipinski definition) is 1. The molecule has 3 rings (SSSR count). The Morgan fingerprint density at radius 2 is 2.22 bits per heavy atom. The molecule has 0 bridgehead atoms. The molecule has 1 aromatic rings. The molecular weight excluding hydrogens is 229 g/mol. The third-order valence-electron chi connectivity index (χ3n) is 4.14. The number of rotatable bonds is 1. The van der Waals surface area contributed by atoms with Crippen LogP contribution in [0.25, 0.3) is 0 Å². The number of aliphatic imine (C=N–C) groups is 1. The first kappa shape index (κ1) is 11.5. The quantitative estimate of drug-likeness (QED) is 0.824. The molecule has 1 aliphatic carbocycles. The Labute approximate surface area is 106 Å². The van der Waals surface area contributed by atoms with Crippen LogP contribution in [0.3, 0.4) is 0 Å². The second-order valence-electron chi connectivity index (χ2n) is 5.44. The van der Waals surface area contributed by atoms with E-state index in [1.54, 1.807) is 6.07 Å². The van der Waals surface area contributed by atoms with Crippen LogP contribution in [0.15, 0.2) is 23.2 Å². The molecule has 0 fully saturated rings. The molecule has 0 amide bonds. The summed E-state index contributed by atoms with van der Waals surface area (Å²) in [5.74, 6) is 0.487. The smallest absolute Gasteiger partial charge is 0.192 e. The Bertz CT molecular complexity index is 524. The number of hydrogen-bond acceptors (Lipinski definition) is 3. The van der Waals surface area contributed by atoms with Crippen molar-refractivity contribution in [3.8, 4) is 0 Å². The number of guanidine groups is 1. The normalized spacial score (nSPS) is 26.0. The van der Waals surface area contributed by atoms with Gasteiger partial charge in [0.2, 0.25) is 0 Å². The van der Waals surface area contributed by atoms with E-state index in [1.165, 1.54) is 6.07 Å². The van der Waals surface area contributed by atoms with Crippen molar-refractivity contribution < 1.29 is 4.39 Å². The molecule has 0 saturated carbocycles. The zero-order valence-electron chi connectivity index (χ0n) is 10.8. The van der Waals surface area contributed by atoms with Gasteiger partial charge in [0.1, 0.15) is 5.82 Å². The maximum Gasteiger partial charge on any atom is 0.192 e. The van der Waals surface area contributed by atoms with Crippen LogP contribution >= 0.6 is 0 Å². The van der Waals surface area contributed by atoms with Crippen molar-refractivity contribution in [1.29, 1.82) is 0 Å². The second-order valence-corrected chi connectivity index (χ2v) is 5.44. The van der Waals surface area contributed by atoms with Crippen molar-refractivity contribution in [3.05, 3.63) is 35.1 Å². The highest BCUT2D eigenvalue weighted by atomic mass is 19.1. The summed E-state index contributed by atoms with van der Waals surface area (Å²) in [5.41, 5.74) is 7.71. The first-order valence-electron chi connectivity index (χ1n) is 6.43. The molecule has 0 radical (unpaired) electrons. The molecular formula is C14H18FN3. The van der Waals surface area contributed by atoms with Gasteiger partial charge in [-0.15, -0.1) is 0 Å². The Morgan fingerprint density at radius 3 is 2.94 bits per heavy atom. The van der Waals surface area contributed by atoms with Gasteiger partial charge < -0.3 is 10.6 Å². The van der Waals surface area contributed by atoms with Gasteiger partial charge in [0.05, 0.1) is 12.1 Å². The van der Waals surface area contributed by atoms with Gasteiger partial charge in [-0.3, -0.25) is 4.99 Å². The molecule has 18 heavy (non-hydrogen) atoms. The van der Waals surface area contributed by atoms with Crippen LogP contribution in [0, 0.1) is 5.82 Å². The molecule has 3 nitrogen and oxygen atoms in total. The number of fused-ring (bicyclic) bond motifs is 2. The SMILES string of the molecule is CC(C)N1C(N)=NCC12CCc1c(F)cccc12. The molecule has 2 aliphatic rings. The van der Waals surface area contributed by atoms with Crippen LogP contribution in [0.1, 0.15) is 31.4 Å². The lowest BCUT2D eigenvalue weighted by Crippen LogP contribution is -2.51. The lowest BCUT2D eigenvalue weighted by Gasteiger charge is -2.40. The van der Waals surface area contributed by atoms with E-state index < -0.39 is 0 Å². The fourth-order valence-corrected chi connectivity index (χ4v) is 3.47. The fourth-order valence-electron chi connectivity index (χ4n) is 3.47. The summed E-state index contributed by atoms with van der Waals surface area (Å²) < 4.78 is 13.9. The molecule has 1 aromatic carbocycles. The van der Waals surface area contributed by atoms with Gasteiger partial charge in [0.25, 0.3) is 0 Å². The Hall–Kier alpha value is -1.58. The second kappa shape index (κ2) is 3.70. The summed E-state index contributed by atoms with van der Waals surface area (Å²) in [4.78, 5) is 6.55. The minimum Gasteiger partial charge on any atom is -0.370 e. The number of nitrogens with two attached hydrogens (primary N) is 1. The summed E-state index contributed by atoms with van der Waals surface area (Å²) in [6.07, 6.45) is 1.67. The van der Waals surface area contributed by atoms with Crippen LogP contribution < -0.4 is 5.73 Å². The van der Waals surface area contributed by atoms with Gasteiger partial charge in [-0.1, -0.05) is 12.1 Å². The van der Waals surface area contributed by atoms with Crippen LogP contribution in [0.5, 0.6) is 0 Å². The predicted octanol–water partition coefficient (Wildman–Crippen LogP) is 2.01. The maximum atomic E-state index is 13.9. The molecule has 1 spiro atoms. The van der Waals surface area contributed by atoms with Crippen molar-refractivity contribution in [3.63, 3.8) is 0 Å². The average Bonchev–Trinajstić information content (AvgIpc) is 2.84. The van der Waals surface area contributed by atoms with Gasteiger partial charge in [-0.25, -0.2) is 4.39 Å². The molecule has 1 unspecified atom stereocenters. The van der Waals surface area contributed by atoms with Gasteiger partial charge in [0, 0.05) is 6.04 Å². The highest BCUT2D eigenvalue weighted by molar-refractivity contribution is 5.82. The van der Waals surface area contributed by atoms with E-state index in [4.69, 9.17) is 5.73 Å². The van der Waals surface area contributed by atoms with Gasteiger partial charge in [0.15, 0.2) is 5.96 Å². The first-order chi connectivity index (χ1) is 8.56. The van der Waals surface area contributed by atoms with Crippen molar-refractivity contribution in [1.82, 2.24) is 4.90 Å². The largest absolute Gasteiger partial charge is 0.370 e. The van der Waals surface area contributed by atoms with Crippen LogP contribution in [-0.4, -0.2) is 23.4 Å². The standard InChI is InChI=1S/C14H18FN3/c1-9(2)18-13(16)17-8-14(18)7-6-10-11(14)4-3-5-12(10)15/h3-5,9H,6-8H2,1-2H3,(H2,16,17). The van der Waals surface area contributed by atoms with E-state index >= 15 is 0 Å². The number of nitrogens with zero attached hydrogens (tertiary/aromatic N) is 2. The summed E-state index contributed by atoms with van der Waals surface area (Å²) in [6.45, 7) is 4.85. The Morgan fingerprint density at radius 1 is 1.44 bits per heavy atom. The van der Waals surface area contributed by atoms with Gasteiger partial charge >= 0.3 is 0 Å². The maximum absolute atomic E-state index is 13.9. The molecule has 0 aromatic heterocycles. The molecule has 2 N–H and O–H groups in total. The minimum atomic E-state index is -0.213. The van der Waals surface area contributed by atoms with Crippen molar-refractivity contribution in [2.24, 2.45) is 10.7 Å². The fraction of sp³-hybridized carbons (Fsp3) is 0.500. The Balaban J connectivity index is 2.13. The summed E-state index contributed by atoms with van der Waals surface area (Å²) in [7, 11) is 0. The monoisotopic (exact) mass is 247 g/mol. The molecule has 1 atom stereocenters. The molecule has 4 heteroatoms. The molecule has 1 aliphatic heterocycles. The molecule has 0 saturated heterocycles. The number of halogens is 1.